The number of nitrogens with one attached hydrogen (secondary N) is 1. The normalized spacial score (nSPS) is 13.8. The van der Waals surface area contributed by atoms with Crippen LogP contribution in [0.2, 0.25) is 0 Å². The molecule has 0 spiro atoms. The fourth-order valence-corrected chi connectivity index (χ4v) is 3.09. The number of nitrogens with zero attached hydrogens (tertiary/aromatic N) is 1. The summed E-state index contributed by atoms with van der Waals surface area (Å²) in [4.78, 5) is 26.6. The van der Waals surface area contributed by atoms with Gasteiger partial charge in [0, 0.05) is 24.3 Å². The molecule has 1 aliphatic heterocycles. The van der Waals surface area contributed by atoms with Gasteiger partial charge < -0.3 is 19.7 Å². The third kappa shape index (κ3) is 5.33. The molecule has 1 saturated heterocycles. The van der Waals surface area contributed by atoms with Crippen LogP contribution >= 0.6 is 0 Å². The highest BCUT2D eigenvalue weighted by Gasteiger charge is 2.13. The number of carbonyl (C=O) groups excluding carboxylic acids is 2. The lowest BCUT2D eigenvalue weighted by atomic mass is 10.1. The van der Waals surface area contributed by atoms with E-state index in [1.165, 1.54) is 0 Å². The van der Waals surface area contributed by atoms with Gasteiger partial charge in [0.1, 0.15) is 5.75 Å². The molecular formula is C22H26N2O4. The molecule has 148 valence electrons. The summed E-state index contributed by atoms with van der Waals surface area (Å²) in [6.45, 7) is 5.02. The predicted molar refractivity (Wildman–Crippen MR) is 108 cm³/mol. The number of Topliss-reactive ketones (excluding diaryl/α,β-unsaturated/α-hetero) is 1. The summed E-state index contributed by atoms with van der Waals surface area (Å²) >= 11 is 0. The Morgan fingerprint density at radius 2 is 1.79 bits per heavy atom. The van der Waals surface area contributed by atoms with Crippen LogP contribution < -0.4 is 15.0 Å². The third-order valence-corrected chi connectivity index (χ3v) is 4.72. The summed E-state index contributed by atoms with van der Waals surface area (Å²) in [6, 6.07) is 15.1. The van der Waals surface area contributed by atoms with E-state index in [9.17, 15) is 9.59 Å². The van der Waals surface area contributed by atoms with Crippen LogP contribution in [0.3, 0.4) is 0 Å². The summed E-state index contributed by atoms with van der Waals surface area (Å²) < 4.78 is 10.9. The molecule has 2 aromatic carbocycles. The maximum Gasteiger partial charge on any atom is 0.258 e. The second-order valence-electron chi connectivity index (χ2n) is 6.60. The van der Waals surface area contributed by atoms with Crippen molar-refractivity contribution in [3.05, 3.63) is 59.7 Å². The Hall–Kier alpha value is -2.86. The summed E-state index contributed by atoms with van der Waals surface area (Å²) in [5.74, 6) is 0.255. The van der Waals surface area contributed by atoms with Crippen molar-refractivity contribution in [1.29, 1.82) is 0 Å². The third-order valence-electron chi connectivity index (χ3n) is 4.72. The van der Waals surface area contributed by atoms with Crippen LogP contribution in [0, 0.1) is 0 Å². The quantitative estimate of drug-likeness (QED) is 0.711. The zero-order valence-electron chi connectivity index (χ0n) is 16.1. The lowest BCUT2D eigenvalue weighted by molar-refractivity contribution is -0.122. The topological polar surface area (TPSA) is 67.9 Å². The van der Waals surface area contributed by atoms with Crippen molar-refractivity contribution in [3.8, 4) is 5.75 Å². The molecule has 0 unspecified atom stereocenters. The number of ether oxygens (including phenoxy) is 2. The van der Waals surface area contributed by atoms with Crippen molar-refractivity contribution in [2.75, 3.05) is 44.4 Å². The van der Waals surface area contributed by atoms with E-state index in [1.807, 2.05) is 43.3 Å². The molecular weight excluding hydrogens is 356 g/mol. The number of rotatable bonds is 8. The first kappa shape index (κ1) is 19.9. The lowest BCUT2D eigenvalue weighted by Crippen LogP contribution is -2.36. The summed E-state index contributed by atoms with van der Waals surface area (Å²) in [7, 11) is 0. The zero-order chi connectivity index (χ0) is 19.8. The Bertz CT molecular complexity index is 798. The van der Waals surface area contributed by atoms with Gasteiger partial charge in [0.15, 0.2) is 12.4 Å². The minimum atomic E-state index is -0.316. The minimum Gasteiger partial charge on any atom is -0.483 e. The van der Waals surface area contributed by atoms with Crippen LogP contribution in [-0.4, -0.2) is 51.1 Å². The van der Waals surface area contributed by atoms with Gasteiger partial charge in [-0.2, -0.15) is 0 Å². The highest BCUT2D eigenvalue weighted by atomic mass is 16.5. The number of amides is 1. The molecule has 1 N–H and O–H groups in total. The second kappa shape index (κ2) is 9.90. The summed E-state index contributed by atoms with van der Waals surface area (Å²) in [5, 5.41) is 2.63. The van der Waals surface area contributed by atoms with E-state index in [-0.39, 0.29) is 24.8 Å². The van der Waals surface area contributed by atoms with Crippen molar-refractivity contribution < 1.29 is 19.1 Å². The van der Waals surface area contributed by atoms with Crippen LogP contribution in [0.25, 0.3) is 0 Å². The Kier molecular flexibility index (Phi) is 7.03. The zero-order valence-corrected chi connectivity index (χ0v) is 16.1. The molecule has 6 heteroatoms. The summed E-state index contributed by atoms with van der Waals surface area (Å²) in [5.41, 5.74) is 2.70. The van der Waals surface area contributed by atoms with Crippen molar-refractivity contribution in [1.82, 2.24) is 5.32 Å². The van der Waals surface area contributed by atoms with Gasteiger partial charge in [-0.05, 0) is 42.3 Å². The number of hydrogen-bond donors (Lipinski definition) is 1. The molecule has 1 fully saturated rings. The van der Waals surface area contributed by atoms with E-state index in [0.717, 1.165) is 44.0 Å². The van der Waals surface area contributed by atoms with Crippen LogP contribution in [0.5, 0.6) is 5.75 Å². The SMILES string of the molecule is CCc1ccccc1OCC(=O)NCC(=O)c1ccc(N2CCOCC2)cc1. The molecule has 28 heavy (non-hydrogen) atoms. The molecule has 0 bridgehead atoms. The Labute approximate surface area is 165 Å². The van der Waals surface area contributed by atoms with Gasteiger partial charge in [0.25, 0.3) is 5.91 Å². The van der Waals surface area contributed by atoms with Gasteiger partial charge in [-0.15, -0.1) is 0 Å². The number of ketones is 1. The van der Waals surface area contributed by atoms with Crippen LogP contribution in [0.1, 0.15) is 22.8 Å². The molecule has 0 aromatic heterocycles. The molecule has 0 radical (unpaired) electrons. The molecule has 0 atom stereocenters. The van der Waals surface area contributed by atoms with Crippen molar-refractivity contribution in [2.45, 2.75) is 13.3 Å². The number of para-hydroxylation sites is 1. The monoisotopic (exact) mass is 382 g/mol. The first-order chi connectivity index (χ1) is 13.7. The van der Waals surface area contributed by atoms with E-state index in [4.69, 9.17) is 9.47 Å². The molecule has 3 rings (SSSR count). The van der Waals surface area contributed by atoms with Crippen LogP contribution in [0.4, 0.5) is 5.69 Å². The largest absolute Gasteiger partial charge is 0.483 e. The van der Waals surface area contributed by atoms with E-state index in [0.29, 0.717) is 11.3 Å². The molecule has 2 aromatic rings. The van der Waals surface area contributed by atoms with Gasteiger partial charge >= 0.3 is 0 Å². The van der Waals surface area contributed by atoms with Crippen molar-refractivity contribution in [3.63, 3.8) is 0 Å². The second-order valence-corrected chi connectivity index (χ2v) is 6.60. The van der Waals surface area contributed by atoms with Gasteiger partial charge in [-0.1, -0.05) is 25.1 Å². The molecule has 1 heterocycles. The number of morpholine rings is 1. The predicted octanol–water partition coefficient (Wildman–Crippen LogP) is 2.46. The Morgan fingerprint density at radius 3 is 2.50 bits per heavy atom. The summed E-state index contributed by atoms with van der Waals surface area (Å²) in [6.07, 6.45) is 0.830. The van der Waals surface area contributed by atoms with Gasteiger partial charge in [0.2, 0.25) is 0 Å². The highest BCUT2D eigenvalue weighted by molar-refractivity contribution is 5.99. The van der Waals surface area contributed by atoms with E-state index >= 15 is 0 Å². The van der Waals surface area contributed by atoms with E-state index < -0.39 is 0 Å². The average molecular weight is 382 g/mol. The van der Waals surface area contributed by atoms with Crippen molar-refractivity contribution >= 4 is 17.4 Å². The highest BCUT2D eigenvalue weighted by Crippen LogP contribution is 2.18. The van der Waals surface area contributed by atoms with Gasteiger partial charge in [0.05, 0.1) is 19.8 Å². The molecule has 1 amide bonds. The molecule has 6 nitrogen and oxygen atoms in total. The van der Waals surface area contributed by atoms with Gasteiger partial charge in [-0.25, -0.2) is 0 Å². The number of anilines is 1. The maximum atomic E-state index is 12.3. The number of hydrogen-bond acceptors (Lipinski definition) is 5. The number of benzene rings is 2. The smallest absolute Gasteiger partial charge is 0.258 e. The molecule has 0 aliphatic carbocycles. The molecule has 0 saturated carbocycles. The van der Waals surface area contributed by atoms with Crippen molar-refractivity contribution in [2.24, 2.45) is 0 Å². The van der Waals surface area contributed by atoms with Crippen LogP contribution in [-0.2, 0) is 16.0 Å². The Morgan fingerprint density at radius 1 is 1.07 bits per heavy atom. The molecule has 1 aliphatic rings. The van der Waals surface area contributed by atoms with Crippen LogP contribution in [0.15, 0.2) is 48.5 Å². The fraction of sp³-hybridized carbons (Fsp3) is 0.364. The first-order valence-electron chi connectivity index (χ1n) is 9.60. The first-order valence-corrected chi connectivity index (χ1v) is 9.60. The average Bonchev–Trinajstić information content (AvgIpc) is 2.77. The van der Waals surface area contributed by atoms with Gasteiger partial charge in [-0.3, -0.25) is 9.59 Å². The Balaban J connectivity index is 1.46. The maximum absolute atomic E-state index is 12.3. The fourth-order valence-electron chi connectivity index (χ4n) is 3.09. The lowest BCUT2D eigenvalue weighted by Gasteiger charge is -2.28. The van der Waals surface area contributed by atoms with E-state index in [1.54, 1.807) is 12.1 Å². The number of carbonyl (C=O) groups is 2. The van der Waals surface area contributed by atoms with E-state index in [2.05, 4.69) is 10.2 Å². The minimum absolute atomic E-state index is 0.0471. The standard InChI is InChI=1S/C22H26N2O4/c1-2-17-5-3-4-6-21(17)28-16-22(26)23-15-20(25)18-7-9-19(10-8-18)24-11-13-27-14-12-24/h3-10H,2,11-16H2,1H3,(H,23,26). The number of aryl methyl sites for hydroxylation is 1.